The number of guanidine groups is 1. The Balaban J connectivity index is 0.00000576. The second-order valence-electron chi connectivity index (χ2n) is 6.30. The summed E-state index contributed by atoms with van der Waals surface area (Å²) in [4.78, 5) is 4.24. The van der Waals surface area contributed by atoms with Gasteiger partial charge in [-0.3, -0.25) is 4.99 Å². The highest BCUT2D eigenvalue weighted by atomic mass is 127. The quantitative estimate of drug-likeness (QED) is 0.242. The average Bonchev–Trinajstić information content (AvgIpc) is 2.57. The summed E-state index contributed by atoms with van der Waals surface area (Å²) < 4.78 is 10.9. The maximum absolute atomic E-state index is 5.57. The summed E-state index contributed by atoms with van der Waals surface area (Å²) in [5.74, 6) is 2.36. The molecule has 1 rings (SSSR count). The van der Waals surface area contributed by atoms with Crippen LogP contribution < -0.4 is 15.4 Å². The molecule has 0 aliphatic rings. The van der Waals surface area contributed by atoms with E-state index in [1.165, 1.54) is 5.56 Å². The van der Waals surface area contributed by atoms with Crippen molar-refractivity contribution in [2.75, 3.05) is 40.5 Å². The van der Waals surface area contributed by atoms with Gasteiger partial charge in [0.1, 0.15) is 5.75 Å². The highest BCUT2D eigenvalue weighted by molar-refractivity contribution is 14.0. The molecule has 25 heavy (non-hydrogen) atoms. The summed E-state index contributed by atoms with van der Waals surface area (Å²) in [6, 6.07) is 6.33. The van der Waals surface area contributed by atoms with Gasteiger partial charge in [0.2, 0.25) is 0 Å². The molecule has 0 aliphatic heterocycles. The SMILES string of the molecule is CN=C(NCCCOCC(C)C)NCCc1ccc(C)c(OC)c1.I. The first kappa shape index (κ1) is 24.0. The number of aryl methyl sites for hydroxylation is 1. The van der Waals surface area contributed by atoms with Gasteiger partial charge in [-0.25, -0.2) is 0 Å². The highest BCUT2D eigenvalue weighted by Gasteiger charge is 2.02. The molecule has 144 valence electrons. The molecule has 0 aromatic heterocycles. The van der Waals surface area contributed by atoms with Crippen LogP contribution in [0.5, 0.6) is 5.75 Å². The molecule has 0 heterocycles. The average molecular weight is 463 g/mol. The number of rotatable bonds is 10. The predicted octanol–water partition coefficient (Wildman–Crippen LogP) is 3.39. The van der Waals surface area contributed by atoms with Gasteiger partial charge in [0.15, 0.2) is 5.96 Å². The smallest absolute Gasteiger partial charge is 0.190 e. The number of nitrogens with zero attached hydrogens (tertiary/aromatic N) is 1. The Labute approximate surface area is 170 Å². The van der Waals surface area contributed by atoms with Crippen LogP contribution in [0.3, 0.4) is 0 Å². The van der Waals surface area contributed by atoms with E-state index < -0.39 is 0 Å². The number of methoxy groups -OCH3 is 1. The molecule has 0 radical (unpaired) electrons. The zero-order valence-corrected chi connectivity index (χ0v) is 18.6. The van der Waals surface area contributed by atoms with E-state index in [0.717, 1.165) is 56.4 Å². The lowest BCUT2D eigenvalue weighted by Crippen LogP contribution is -2.39. The molecule has 0 aliphatic carbocycles. The van der Waals surface area contributed by atoms with Crippen molar-refractivity contribution in [2.24, 2.45) is 10.9 Å². The number of halogens is 1. The van der Waals surface area contributed by atoms with Gasteiger partial charge < -0.3 is 20.1 Å². The van der Waals surface area contributed by atoms with E-state index in [4.69, 9.17) is 9.47 Å². The van der Waals surface area contributed by atoms with E-state index in [9.17, 15) is 0 Å². The Kier molecular flexibility index (Phi) is 13.6. The first-order chi connectivity index (χ1) is 11.6. The largest absolute Gasteiger partial charge is 0.496 e. The van der Waals surface area contributed by atoms with Crippen molar-refractivity contribution >= 4 is 29.9 Å². The first-order valence-electron chi connectivity index (χ1n) is 8.72. The number of ether oxygens (including phenoxy) is 2. The molecule has 0 unspecified atom stereocenters. The van der Waals surface area contributed by atoms with Crippen LogP contribution in [0.25, 0.3) is 0 Å². The summed E-state index contributed by atoms with van der Waals surface area (Å²) in [6.45, 7) is 9.67. The van der Waals surface area contributed by atoms with Crippen molar-refractivity contribution in [1.82, 2.24) is 10.6 Å². The maximum Gasteiger partial charge on any atom is 0.190 e. The fourth-order valence-electron chi connectivity index (χ4n) is 2.27. The second-order valence-corrected chi connectivity index (χ2v) is 6.30. The van der Waals surface area contributed by atoms with Crippen molar-refractivity contribution in [3.8, 4) is 5.75 Å². The Bertz CT molecular complexity index is 507. The number of hydrogen-bond donors (Lipinski definition) is 2. The molecular formula is C19H34IN3O2. The molecule has 6 heteroatoms. The molecule has 1 aromatic carbocycles. The van der Waals surface area contributed by atoms with Gasteiger partial charge in [0.05, 0.1) is 7.11 Å². The monoisotopic (exact) mass is 463 g/mol. The van der Waals surface area contributed by atoms with Crippen LogP contribution in [-0.2, 0) is 11.2 Å². The zero-order valence-electron chi connectivity index (χ0n) is 16.2. The fourth-order valence-corrected chi connectivity index (χ4v) is 2.27. The van der Waals surface area contributed by atoms with Crippen LogP contribution in [0, 0.1) is 12.8 Å². The van der Waals surface area contributed by atoms with Crippen LogP contribution in [-0.4, -0.2) is 46.4 Å². The first-order valence-corrected chi connectivity index (χ1v) is 8.72. The molecule has 0 spiro atoms. The number of nitrogens with one attached hydrogen (secondary N) is 2. The Hall–Kier alpha value is -1.02. The maximum atomic E-state index is 5.57. The highest BCUT2D eigenvalue weighted by Crippen LogP contribution is 2.18. The number of hydrogen-bond acceptors (Lipinski definition) is 3. The lowest BCUT2D eigenvalue weighted by atomic mass is 10.1. The van der Waals surface area contributed by atoms with E-state index in [-0.39, 0.29) is 24.0 Å². The Morgan fingerprint density at radius 1 is 1.20 bits per heavy atom. The molecule has 0 fully saturated rings. The fraction of sp³-hybridized carbons (Fsp3) is 0.632. The number of benzene rings is 1. The van der Waals surface area contributed by atoms with E-state index in [0.29, 0.717) is 5.92 Å². The minimum absolute atomic E-state index is 0. The third-order valence-corrected chi connectivity index (χ3v) is 3.61. The van der Waals surface area contributed by atoms with Crippen molar-refractivity contribution in [2.45, 2.75) is 33.6 Å². The van der Waals surface area contributed by atoms with Crippen molar-refractivity contribution in [3.05, 3.63) is 29.3 Å². The summed E-state index contributed by atoms with van der Waals surface area (Å²) in [5.41, 5.74) is 2.41. The molecular weight excluding hydrogens is 429 g/mol. The Morgan fingerprint density at radius 2 is 1.92 bits per heavy atom. The molecule has 0 amide bonds. The van der Waals surface area contributed by atoms with Gasteiger partial charge in [-0.15, -0.1) is 24.0 Å². The van der Waals surface area contributed by atoms with E-state index in [2.05, 4.69) is 54.6 Å². The minimum atomic E-state index is 0. The van der Waals surface area contributed by atoms with Gasteiger partial charge in [-0.05, 0) is 42.9 Å². The molecule has 2 N–H and O–H groups in total. The van der Waals surface area contributed by atoms with Crippen LogP contribution in [0.15, 0.2) is 23.2 Å². The van der Waals surface area contributed by atoms with Crippen LogP contribution in [0.2, 0.25) is 0 Å². The van der Waals surface area contributed by atoms with Crippen molar-refractivity contribution in [1.29, 1.82) is 0 Å². The molecule has 0 bridgehead atoms. The zero-order chi connectivity index (χ0) is 17.8. The predicted molar refractivity (Wildman–Crippen MR) is 116 cm³/mol. The summed E-state index contributed by atoms with van der Waals surface area (Å²) in [6.07, 6.45) is 1.90. The van der Waals surface area contributed by atoms with E-state index in [1.807, 2.05) is 0 Å². The van der Waals surface area contributed by atoms with Crippen molar-refractivity contribution < 1.29 is 9.47 Å². The third-order valence-electron chi connectivity index (χ3n) is 3.61. The molecule has 5 nitrogen and oxygen atoms in total. The number of aliphatic imine (C=N–C) groups is 1. The lowest BCUT2D eigenvalue weighted by Gasteiger charge is -2.13. The van der Waals surface area contributed by atoms with E-state index in [1.54, 1.807) is 14.2 Å². The second kappa shape index (κ2) is 14.2. The van der Waals surface area contributed by atoms with Crippen LogP contribution >= 0.6 is 24.0 Å². The molecule has 0 saturated carbocycles. The van der Waals surface area contributed by atoms with Gasteiger partial charge >= 0.3 is 0 Å². The normalized spacial score (nSPS) is 11.2. The summed E-state index contributed by atoms with van der Waals surface area (Å²) in [7, 11) is 3.50. The Morgan fingerprint density at radius 3 is 2.56 bits per heavy atom. The van der Waals surface area contributed by atoms with Crippen molar-refractivity contribution in [3.63, 3.8) is 0 Å². The van der Waals surface area contributed by atoms with E-state index >= 15 is 0 Å². The van der Waals surface area contributed by atoms with Gasteiger partial charge in [0, 0.05) is 33.4 Å². The topological polar surface area (TPSA) is 54.9 Å². The van der Waals surface area contributed by atoms with Gasteiger partial charge in [-0.1, -0.05) is 26.0 Å². The molecule has 0 saturated heterocycles. The standard InChI is InChI=1S/C19H33N3O2.HI/c1-15(2)14-24-12-6-10-21-19(20-4)22-11-9-17-8-7-16(3)18(13-17)23-5;/h7-8,13,15H,6,9-12,14H2,1-5H3,(H2,20,21,22);1H. The van der Waals surface area contributed by atoms with Gasteiger partial charge in [0.25, 0.3) is 0 Å². The lowest BCUT2D eigenvalue weighted by molar-refractivity contribution is 0.108. The molecule has 1 aromatic rings. The summed E-state index contributed by atoms with van der Waals surface area (Å²) >= 11 is 0. The van der Waals surface area contributed by atoms with Crippen LogP contribution in [0.4, 0.5) is 0 Å². The van der Waals surface area contributed by atoms with Crippen LogP contribution in [0.1, 0.15) is 31.4 Å². The molecule has 0 atom stereocenters. The summed E-state index contributed by atoms with van der Waals surface area (Å²) in [5, 5.41) is 6.65. The third kappa shape index (κ3) is 10.5. The minimum Gasteiger partial charge on any atom is -0.496 e. The van der Waals surface area contributed by atoms with Gasteiger partial charge in [-0.2, -0.15) is 0 Å².